The minimum absolute atomic E-state index is 0.0351. The van der Waals surface area contributed by atoms with Crippen LogP contribution < -0.4 is 10.1 Å². The molecule has 2 aromatic carbocycles. The molecule has 26 heavy (non-hydrogen) atoms. The summed E-state index contributed by atoms with van der Waals surface area (Å²) in [5, 5.41) is 2.97. The number of anilines is 1. The summed E-state index contributed by atoms with van der Waals surface area (Å²) < 4.78 is 5.31. The number of ether oxygens (including phenoxy) is 1. The summed E-state index contributed by atoms with van der Waals surface area (Å²) >= 11 is 0. The molecule has 1 atom stereocenters. The van der Waals surface area contributed by atoms with Gasteiger partial charge >= 0.3 is 0 Å². The number of hydrogen-bond donors (Lipinski definition) is 1. The summed E-state index contributed by atoms with van der Waals surface area (Å²) in [4.78, 5) is 14.8. The van der Waals surface area contributed by atoms with Gasteiger partial charge in [-0.05, 0) is 49.1 Å². The first-order chi connectivity index (χ1) is 12.6. The molecular weight excluding hydrogens is 324 g/mol. The van der Waals surface area contributed by atoms with E-state index in [1.165, 1.54) is 31.5 Å². The highest BCUT2D eigenvalue weighted by Crippen LogP contribution is 2.20. The first kappa shape index (κ1) is 18.5. The summed E-state index contributed by atoms with van der Waals surface area (Å²) in [6.45, 7) is 5.67. The number of nitrogens with one attached hydrogen (secondary N) is 1. The van der Waals surface area contributed by atoms with Gasteiger partial charge in [-0.3, -0.25) is 9.69 Å². The van der Waals surface area contributed by atoms with Crippen molar-refractivity contribution < 1.29 is 9.53 Å². The molecule has 0 spiro atoms. The molecule has 138 valence electrons. The number of piperidine rings is 1. The molecule has 1 fully saturated rings. The molecule has 1 unspecified atom stereocenters. The Morgan fingerprint density at radius 1 is 1.19 bits per heavy atom. The number of para-hydroxylation sites is 1. The molecule has 1 saturated heterocycles. The van der Waals surface area contributed by atoms with Crippen molar-refractivity contribution in [3.63, 3.8) is 0 Å². The Bertz CT molecular complexity index is 727. The lowest BCUT2D eigenvalue weighted by Gasteiger charge is -2.30. The molecule has 1 aliphatic heterocycles. The summed E-state index contributed by atoms with van der Waals surface area (Å²) in [7, 11) is 1.62. The summed E-state index contributed by atoms with van der Waals surface area (Å²) in [6, 6.07) is 15.8. The second-order valence-corrected chi connectivity index (χ2v) is 7.22. The van der Waals surface area contributed by atoms with Crippen molar-refractivity contribution in [3.8, 4) is 5.75 Å². The quantitative estimate of drug-likeness (QED) is 0.851. The largest absolute Gasteiger partial charge is 0.496 e. The molecule has 0 aromatic heterocycles. The number of nitrogens with zero attached hydrogens (tertiary/aromatic N) is 1. The molecule has 2 aromatic rings. The van der Waals surface area contributed by atoms with Crippen LogP contribution in [0.4, 0.5) is 5.69 Å². The highest BCUT2D eigenvalue weighted by Gasteiger charge is 2.16. The first-order valence-electron chi connectivity index (χ1n) is 9.37. The molecule has 1 N–H and O–H groups in total. The summed E-state index contributed by atoms with van der Waals surface area (Å²) in [5.74, 6) is 1.50. The predicted molar refractivity (Wildman–Crippen MR) is 105 cm³/mol. The minimum Gasteiger partial charge on any atom is -0.496 e. The maximum Gasteiger partial charge on any atom is 0.228 e. The first-order valence-corrected chi connectivity index (χ1v) is 9.37. The van der Waals surface area contributed by atoms with E-state index in [0.717, 1.165) is 29.5 Å². The Labute approximate surface area is 156 Å². The minimum atomic E-state index is -0.0351. The van der Waals surface area contributed by atoms with E-state index in [1.54, 1.807) is 7.11 Å². The van der Waals surface area contributed by atoms with Gasteiger partial charge < -0.3 is 10.1 Å². The fourth-order valence-corrected chi connectivity index (χ4v) is 3.61. The Morgan fingerprint density at radius 2 is 1.96 bits per heavy atom. The fourth-order valence-electron chi connectivity index (χ4n) is 3.61. The van der Waals surface area contributed by atoms with E-state index in [9.17, 15) is 4.79 Å². The number of hydrogen-bond acceptors (Lipinski definition) is 3. The highest BCUT2D eigenvalue weighted by molar-refractivity contribution is 5.92. The predicted octanol–water partition coefficient (Wildman–Crippen LogP) is 4.11. The number of methoxy groups -OCH3 is 1. The molecule has 3 rings (SSSR count). The lowest BCUT2D eigenvalue weighted by molar-refractivity contribution is -0.115. The van der Waals surface area contributed by atoms with E-state index in [2.05, 4.69) is 29.3 Å². The Morgan fingerprint density at radius 3 is 2.69 bits per heavy atom. The van der Waals surface area contributed by atoms with Crippen LogP contribution in [0.3, 0.4) is 0 Å². The lowest BCUT2D eigenvalue weighted by atomic mass is 10.00. The highest BCUT2D eigenvalue weighted by atomic mass is 16.5. The molecule has 1 aliphatic rings. The van der Waals surface area contributed by atoms with Crippen molar-refractivity contribution >= 4 is 11.6 Å². The van der Waals surface area contributed by atoms with Gasteiger partial charge in [-0.1, -0.05) is 37.3 Å². The number of amides is 1. The molecule has 4 nitrogen and oxygen atoms in total. The van der Waals surface area contributed by atoms with Crippen LogP contribution >= 0.6 is 0 Å². The van der Waals surface area contributed by atoms with Crippen molar-refractivity contribution in [3.05, 3.63) is 59.7 Å². The van der Waals surface area contributed by atoms with Crippen molar-refractivity contribution in [2.24, 2.45) is 5.92 Å². The van der Waals surface area contributed by atoms with E-state index in [1.807, 2.05) is 36.4 Å². The maximum absolute atomic E-state index is 12.3. The number of likely N-dealkylation sites (tertiary alicyclic amines) is 1. The normalized spacial score (nSPS) is 17.7. The van der Waals surface area contributed by atoms with Crippen LogP contribution in [-0.4, -0.2) is 31.0 Å². The van der Waals surface area contributed by atoms with Gasteiger partial charge in [-0.2, -0.15) is 0 Å². The van der Waals surface area contributed by atoms with Gasteiger partial charge in [0.05, 0.1) is 13.5 Å². The summed E-state index contributed by atoms with van der Waals surface area (Å²) in [6.07, 6.45) is 2.93. The van der Waals surface area contributed by atoms with Crippen molar-refractivity contribution in [1.82, 2.24) is 4.90 Å². The van der Waals surface area contributed by atoms with Gasteiger partial charge in [0.1, 0.15) is 5.75 Å². The van der Waals surface area contributed by atoms with Crippen molar-refractivity contribution in [2.75, 3.05) is 25.5 Å². The van der Waals surface area contributed by atoms with Crippen LogP contribution in [0.25, 0.3) is 0 Å². The van der Waals surface area contributed by atoms with Crippen LogP contribution in [0.15, 0.2) is 48.5 Å². The van der Waals surface area contributed by atoms with Crippen LogP contribution in [-0.2, 0) is 17.8 Å². The molecule has 0 radical (unpaired) electrons. The van der Waals surface area contributed by atoms with Gasteiger partial charge in [0.2, 0.25) is 5.91 Å². The number of rotatable bonds is 6. The zero-order chi connectivity index (χ0) is 18.4. The Hall–Kier alpha value is -2.33. The molecular formula is C22H28N2O2. The van der Waals surface area contributed by atoms with E-state index in [0.29, 0.717) is 6.42 Å². The van der Waals surface area contributed by atoms with E-state index in [-0.39, 0.29) is 5.91 Å². The zero-order valence-electron chi connectivity index (χ0n) is 15.7. The average molecular weight is 352 g/mol. The van der Waals surface area contributed by atoms with Crippen LogP contribution in [0.1, 0.15) is 30.9 Å². The van der Waals surface area contributed by atoms with E-state index < -0.39 is 0 Å². The molecule has 0 aliphatic carbocycles. The van der Waals surface area contributed by atoms with Gasteiger partial charge in [0.15, 0.2) is 0 Å². The summed E-state index contributed by atoms with van der Waals surface area (Å²) in [5.41, 5.74) is 3.02. The van der Waals surface area contributed by atoms with Gasteiger partial charge in [0.25, 0.3) is 0 Å². The second-order valence-electron chi connectivity index (χ2n) is 7.22. The van der Waals surface area contributed by atoms with Crippen LogP contribution in [0.2, 0.25) is 0 Å². The number of benzene rings is 2. The SMILES string of the molecule is COc1ccccc1CC(=O)Nc1ccc(CN2CCCC(C)C2)cc1. The number of carbonyl (C=O) groups is 1. The smallest absolute Gasteiger partial charge is 0.228 e. The van der Waals surface area contributed by atoms with Crippen LogP contribution in [0, 0.1) is 5.92 Å². The van der Waals surface area contributed by atoms with Crippen LogP contribution in [0.5, 0.6) is 5.75 Å². The topological polar surface area (TPSA) is 41.6 Å². The zero-order valence-corrected chi connectivity index (χ0v) is 15.7. The monoisotopic (exact) mass is 352 g/mol. The van der Waals surface area contributed by atoms with Gasteiger partial charge in [0, 0.05) is 24.3 Å². The molecule has 4 heteroatoms. The maximum atomic E-state index is 12.3. The van der Waals surface area contributed by atoms with Gasteiger partial charge in [-0.25, -0.2) is 0 Å². The van der Waals surface area contributed by atoms with Crippen molar-refractivity contribution in [1.29, 1.82) is 0 Å². The lowest BCUT2D eigenvalue weighted by Crippen LogP contribution is -2.33. The number of carbonyl (C=O) groups excluding carboxylic acids is 1. The standard InChI is InChI=1S/C22H28N2O2/c1-17-6-5-13-24(15-17)16-18-9-11-20(12-10-18)23-22(25)14-19-7-3-4-8-21(19)26-2/h3-4,7-12,17H,5-6,13-16H2,1-2H3,(H,23,25). The van der Waals surface area contributed by atoms with Crippen molar-refractivity contribution in [2.45, 2.75) is 32.7 Å². The molecule has 1 heterocycles. The Kier molecular flexibility index (Phi) is 6.29. The van der Waals surface area contributed by atoms with E-state index >= 15 is 0 Å². The molecule has 0 saturated carbocycles. The third-order valence-corrected chi connectivity index (χ3v) is 4.93. The van der Waals surface area contributed by atoms with Gasteiger partial charge in [-0.15, -0.1) is 0 Å². The van der Waals surface area contributed by atoms with E-state index in [4.69, 9.17) is 4.74 Å². The molecule has 1 amide bonds. The average Bonchev–Trinajstić information content (AvgIpc) is 2.64. The third kappa shape index (κ3) is 5.09. The second kappa shape index (κ2) is 8.86. The molecule has 0 bridgehead atoms. The third-order valence-electron chi connectivity index (χ3n) is 4.93. The Balaban J connectivity index is 1.54. The fraction of sp³-hybridized carbons (Fsp3) is 0.409.